The Morgan fingerprint density at radius 2 is 1.86 bits per heavy atom. The summed E-state index contributed by atoms with van der Waals surface area (Å²) >= 11 is 0. The van der Waals surface area contributed by atoms with Crippen LogP contribution in [0.1, 0.15) is 39.0 Å². The lowest BCUT2D eigenvalue weighted by atomic mass is 9.90. The summed E-state index contributed by atoms with van der Waals surface area (Å²) < 4.78 is 14.1. The van der Waals surface area contributed by atoms with Crippen molar-refractivity contribution in [2.24, 2.45) is 5.73 Å². The van der Waals surface area contributed by atoms with Crippen LogP contribution in [0.5, 0.6) is 0 Å². The van der Waals surface area contributed by atoms with E-state index in [4.69, 9.17) is 5.73 Å². The van der Waals surface area contributed by atoms with Gasteiger partial charge in [0.25, 0.3) is 0 Å². The van der Waals surface area contributed by atoms with E-state index in [1.165, 1.54) is 0 Å². The van der Waals surface area contributed by atoms with Gasteiger partial charge < -0.3 is 5.73 Å². The standard InChI is InChI=1S/C18H20FNO/c1-12-11-16(18(21)14-7-4-3-5-8-14)15(9-6-10-20)13(2)17(12)19/h3-5,7-8,11H,6,9-10,20H2,1-2H3. The molecule has 0 bridgehead atoms. The molecule has 0 aliphatic carbocycles. The molecule has 0 atom stereocenters. The highest BCUT2D eigenvalue weighted by atomic mass is 19.1. The van der Waals surface area contributed by atoms with Crippen molar-refractivity contribution in [1.82, 2.24) is 0 Å². The second-order valence-electron chi connectivity index (χ2n) is 5.25. The molecule has 0 aliphatic heterocycles. The van der Waals surface area contributed by atoms with Gasteiger partial charge in [0.15, 0.2) is 5.78 Å². The second kappa shape index (κ2) is 6.64. The van der Waals surface area contributed by atoms with Gasteiger partial charge in [0, 0.05) is 11.1 Å². The first kappa shape index (κ1) is 15.4. The Balaban J connectivity index is 2.53. The van der Waals surface area contributed by atoms with Gasteiger partial charge in [0.2, 0.25) is 0 Å². The number of hydrogen-bond donors (Lipinski definition) is 1. The van der Waals surface area contributed by atoms with Crippen LogP contribution >= 0.6 is 0 Å². The zero-order valence-electron chi connectivity index (χ0n) is 12.4. The Morgan fingerprint density at radius 3 is 2.48 bits per heavy atom. The molecule has 0 aliphatic rings. The highest BCUT2D eigenvalue weighted by molar-refractivity contribution is 6.10. The molecule has 0 saturated heterocycles. The molecule has 3 heteroatoms. The molecule has 2 aromatic rings. The van der Waals surface area contributed by atoms with E-state index in [0.29, 0.717) is 35.2 Å². The Hall–Kier alpha value is -2.00. The van der Waals surface area contributed by atoms with Crippen LogP contribution < -0.4 is 5.73 Å². The zero-order chi connectivity index (χ0) is 15.4. The van der Waals surface area contributed by atoms with E-state index >= 15 is 0 Å². The SMILES string of the molecule is Cc1cc(C(=O)c2ccccc2)c(CCCN)c(C)c1F. The minimum absolute atomic E-state index is 0.0613. The van der Waals surface area contributed by atoms with E-state index in [-0.39, 0.29) is 11.6 Å². The van der Waals surface area contributed by atoms with Gasteiger partial charge in [0.1, 0.15) is 5.82 Å². The summed E-state index contributed by atoms with van der Waals surface area (Å²) in [4.78, 5) is 12.7. The monoisotopic (exact) mass is 285 g/mol. The minimum atomic E-state index is -0.230. The van der Waals surface area contributed by atoms with Crippen molar-refractivity contribution in [2.45, 2.75) is 26.7 Å². The lowest BCUT2D eigenvalue weighted by molar-refractivity contribution is 0.103. The first-order chi connectivity index (χ1) is 10.1. The van der Waals surface area contributed by atoms with Gasteiger partial charge in [0.05, 0.1) is 0 Å². The maximum absolute atomic E-state index is 14.1. The lowest BCUT2D eigenvalue weighted by Gasteiger charge is -2.14. The molecule has 0 spiro atoms. The molecule has 0 heterocycles. The van der Waals surface area contributed by atoms with Crippen molar-refractivity contribution in [2.75, 3.05) is 6.54 Å². The van der Waals surface area contributed by atoms with Crippen LogP contribution in [0.25, 0.3) is 0 Å². The molecular formula is C18H20FNO. The molecule has 0 radical (unpaired) electrons. The van der Waals surface area contributed by atoms with Crippen LogP contribution in [-0.4, -0.2) is 12.3 Å². The number of carbonyl (C=O) groups is 1. The van der Waals surface area contributed by atoms with Gasteiger partial charge >= 0.3 is 0 Å². The highest BCUT2D eigenvalue weighted by Crippen LogP contribution is 2.25. The third kappa shape index (κ3) is 3.19. The van der Waals surface area contributed by atoms with Crippen LogP contribution in [0.2, 0.25) is 0 Å². The molecule has 0 aromatic heterocycles. The number of carbonyl (C=O) groups excluding carboxylic acids is 1. The molecule has 110 valence electrons. The number of halogens is 1. The minimum Gasteiger partial charge on any atom is -0.330 e. The zero-order valence-corrected chi connectivity index (χ0v) is 12.4. The van der Waals surface area contributed by atoms with Crippen molar-refractivity contribution in [1.29, 1.82) is 0 Å². The van der Waals surface area contributed by atoms with Crippen molar-refractivity contribution in [3.05, 3.63) is 70.0 Å². The van der Waals surface area contributed by atoms with Crippen molar-refractivity contribution < 1.29 is 9.18 Å². The summed E-state index contributed by atoms with van der Waals surface area (Å²) in [6.07, 6.45) is 1.35. The van der Waals surface area contributed by atoms with E-state index in [2.05, 4.69) is 0 Å². The molecule has 0 fully saturated rings. The van der Waals surface area contributed by atoms with E-state index < -0.39 is 0 Å². The summed E-state index contributed by atoms with van der Waals surface area (Å²) in [5, 5.41) is 0. The summed E-state index contributed by atoms with van der Waals surface area (Å²) in [6.45, 7) is 3.95. The third-order valence-electron chi connectivity index (χ3n) is 3.73. The van der Waals surface area contributed by atoms with Gasteiger partial charge in [-0.15, -0.1) is 0 Å². The van der Waals surface area contributed by atoms with Crippen molar-refractivity contribution >= 4 is 5.78 Å². The Bertz CT molecular complexity index is 650. The van der Waals surface area contributed by atoms with Gasteiger partial charge in [-0.2, -0.15) is 0 Å². The quantitative estimate of drug-likeness (QED) is 0.853. The van der Waals surface area contributed by atoms with Gasteiger partial charge in [-0.1, -0.05) is 30.3 Å². The molecule has 2 nitrogen and oxygen atoms in total. The molecule has 2 rings (SSSR count). The number of ketones is 1. The smallest absolute Gasteiger partial charge is 0.193 e. The summed E-state index contributed by atoms with van der Waals surface area (Å²) in [5.74, 6) is -0.291. The predicted molar refractivity (Wildman–Crippen MR) is 83.1 cm³/mol. The first-order valence-electron chi connectivity index (χ1n) is 7.14. The lowest BCUT2D eigenvalue weighted by Crippen LogP contribution is -2.11. The van der Waals surface area contributed by atoms with E-state index in [9.17, 15) is 9.18 Å². The largest absolute Gasteiger partial charge is 0.330 e. The van der Waals surface area contributed by atoms with E-state index in [1.54, 1.807) is 32.0 Å². The second-order valence-corrected chi connectivity index (χ2v) is 5.25. The van der Waals surface area contributed by atoms with Crippen LogP contribution in [0.4, 0.5) is 4.39 Å². The Kier molecular flexibility index (Phi) is 4.86. The van der Waals surface area contributed by atoms with Gasteiger partial charge in [-0.3, -0.25) is 4.79 Å². The topological polar surface area (TPSA) is 43.1 Å². The van der Waals surface area contributed by atoms with Crippen LogP contribution in [0, 0.1) is 19.7 Å². The highest BCUT2D eigenvalue weighted by Gasteiger charge is 2.19. The number of rotatable bonds is 5. The summed E-state index contributed by atoms with van der Waals surface area (Å²) in [7, 11) is 0. The maximum atomic E-state index is 14.1. The predicted octanol–water partition coefficient (Wildman–Crippen LogP) is 3.56. The van der Waals surface area contributed by atoms with Gasteiger partial charge in [-0.25, -0.2) is 4.39 Å². The molecular weight excluding hydrogens is 265 g/mol. The average molecular weight is 285 g/mol. The van der Waals surface area contributed by atoms with Crippen LogP contribution in [0.15, 0.2) is 36.4 Å². The molecule has 2 N–H and O–H groups in total. The normalized spacial score (nSPS) is 10.7. The molecule has 0 unspecified atom stereocenters. The third-order valence-corrected chi connectivity index (χ3v) is 3.73. The fraction of sp³-hybridized carbons (Fsp3) is 0.278. The first-order valence-corrected chi connectivity index (χ1v) is 7.14. The van der Waals surface area contributed by atoms with E-state index in [1.807, 2.05) is 18.2 Å². The molecule has 21 heavy (non-hydrogen) atoms. The Labute approximate surface area is 124 Å². The summed E-state index contributed by atoms with van der Waals surface area (Å²) in [5.41, 5.74) is 8.60. The van der Waals surface area contributed by atoms with E-state index in [0.717, 1.165) is 12.0 Å². The fourth-order valence-electron chi connectivity index (χ4n) is 2.55. The number of aryl methyl sites for hydroxylation is 1. The molecule has 2 aromatic carbocycles. The fourth-order valence-corrected chi connectivity index (χ4v) is 2.55. The van der Waals surface area contributed by atoms with Crippen LogP contribution in [0.3, 0.4) is 0 Å². The Morgan fingerprint density at radius 1 is 1.19 bits per heavy atom. The maximum Gasteiger partial charge on any atom is 0.193 e. The number of nitrogens with two attached hydrogens (primary N) is 1. The molecule has 0 saturated carbocycles. The average Bonchev–Trinajstić information content (AvgIpc) is 2.51. The van der Waals surface area contributed by atoms with Gasteiger partial charge in [-0.05, 0) is 56.0 Å². The number of benzene rings is 2. The number of hydrogen-bond acceptors (Lipinski definition) is 2. The van der Waals surface area contributed by atoms with Crippen LogP contribution in [-0.2, 0) is 6.42 Å². The summed E-state index contributed by atoms with van der Waals surface area (Å²) in [6, 6.07) is 10.7. The van der Waals surface area contributed by atoms with Crippen molar-refractivity contribution in [3.8, 4) is 0 Å². The van der Waals surface area contributed by atoms with Crippen molar-refractivity contribution in [3.63, 3.8) is 0 Å². The molecule has 0 amide bonds.